The summed E-state index contributed by atoms with van der Waals surface area (Å²) in [6.45, 7) is 9.02. The van der Waals surface area contributed by atoms with Crippen molar-refractivity contribution in [1.82, 2.24) is 20.1 Å². The summed E-state index contributed by atoms with van der Waals surface area (Å²) in [6, 6.07) is 7.64. The number of likely N-dealkylation sites (tertiary alicyclic amines) is 1. The van der Waals surface area contributed by atoms with Crippen molar-refractivity contribution in [2.75, 3.05) is 19.6 Å². The minimum Gasteiger partial charge on any atom is -0.361 e. The number of rotatable bonds is 6. The summed E-state index contributed by atoms with van der Waals surface area (Å²) in [4.78, 5) is 45.0. The van der Waals surface area contributed by atoms with Crippen LogP contribution in [0, 0.1) is 5.92 Å². The molecule has 0 radical (unpaired) electrons. The number of piperidine rings is 1. The van der Waals surface area contributed by atoms with Crippen LogP contribution >= 0.6 is 0 Å². The summed E-state index contributed by atoms with van der Waals surface area (Å²) in [5.41, 5.74) is 1.93. The monoisotopic (exact) mass is 422 g/mol. The molecule has 0 aliphatic carbocycles. The van der Waals surface area contributed by atoms with Crippen LogP contribution in [0.3, 0.4) is 0 Å². The fourth-order valence-corrected chi connectivity index (χ4v) is 5.04. The van der Waals surface area contributed by atoms with Crippen molar-refractivity contribution < 1.29 is 14.4 Å². The maximum absolute atomic E-state index is 13.2. The van der Waals surface area contributed by atoms with E-state index in [4.69, 9.17) is 0 Å². The average Bonchev–Trinajstić information content (AvgIpc) is 3.28. The average molecular weight is 423 g/mol. The molecule has 2 aliphatic heterocycles. The Kier molecular flexibility index (Phi) is 5.60. The fraction of sp³-hybridized carbons (Fsp3) is 0.458. The van der Waals surface area contributed by atoms with Crippen molar-refractivity contribution in [3.05, 3.63) is 48.2 Å². The van der Waals surface area contributed by atoms with Crippen LogP contribution < -0.4 is 5.32 Å². The molecule has 164 valence electrons. The SMILES string of the molecule is C=C(C)CN1C(=O)N[C@](CC)(C2CCN(C(=O)Cc3c[nH]c4ccccc34)CC2)C1=O. The molecule has 2 aromatic rings. The molecule has 7 nitrogen and oxygen atoms in total. The number of imide groups is 1. The first-order valence-electron chi connectivity index (χ1n) is 11.0. The number of urea groups is 1. The van der Waals surface area contributed by atoms with Crippen molar-refractivity contribution in [2.45, 2.75) is 45.1 Å². The number of carbonyl (C=O) groups excluding carboxylic acids is 3. The number of H-pyrrole nitrogens is 1. The highest BCUT2D eigenvalue weighted by Crippen LogP contribution is 2.36. The molecule has 2 aliphatic rings. The van der Waals surface area contributed by atoms with Gasteiger partial charge in [0.05, 0.1) is 13.0 Å². The summed E-state index contributed by atoms with van der Waals surface area (Å²) < 4.78 is 0. The van der Waals surface area contributed by atoms with Crippen molar-refractivity contribution in [2.24, 2.45) is 5.92 Å². The zero-order valence-corrected chi connectivity index (χ0v) is 18.2. The Morgan fingerprint density at radius 2 is 1.94 bits per heavy atom. The quantitative estimate of drug-likeness (QED) is 0.554. The predicted octanol–water partition coefficient (Wildman–Crippen LogP) is 3.23. The van der Waals surface area contributed by atoms with Gasteiger partial charge in [-0.3, -0.25) is 14.5 Å². The number of aromatic nitrogens is 1. The van der Waals surface area contributed by atoms with Gasteiger partial charge in [-0.25, -0.2) is 4.79 Å². The van der Waals surface area contributed by atoms with Crippen LogP contribution in [0.15, 0.2) is 42.6 Å². The van der Waals surface area contributed by atoms with Crippen molar-refractivity contribution in [3.63, 3.8) is 0 Å². The van der Waals surface area contributed by atoms with E-state index in [9.17, 15) is 14.4 Å². The van der Waals surface area contributed by atoms with Crippen LogP contribution in [0.4, 0.5) is 4.79 Å². The van der Waals surface area contributed by atoms with Crippen molar-refractivity contribution in [3.8, 4) is 0 Å². The molecule has 0 spiro atoms. The molecule has 0 saturated carbocycles. The minimum atomic E-state index is -0.876. The number of para-hydroxylation sites is 1. The number of hydrogen-bond acceptors (Lipinski definition) is 3. The number of fused-ring (bicyclic) bond motifs is 1. The van der Waals surface area contributed by atoms with Gasteiger partial charge < -0.3 is 15.2 Å². The van der Waals surface area contributed by atoms with E-state index in [1.165, 1.54) is 4.90 Å². The van der Waals surface area contributed by atoms with E-state index >= 15 is 0 Å². The molecule has 2 fully saturated rings. The highest BCUT2D eigenvalue weighted by atomic mass is 16.2. The van der Waals surface area contributed by atoms with Crippen LogP contribution in [-0.4, -0.2) is 57.8 Å². The largest absolute Gasteiger partial charge is 0.361 e. The van der Waals surface area contributed by atoms with Gasteiger partial charge in [0.2, 0.25) is 5.91 Å². The molecule has 0 unspecified atom stereocenters. The van der Waals surface area contributed by atoms with Gasteiger partial charge in [-0.1, -0.05) is 37.3 Å². The molecular weight excluding hydrogens is 392 g/mol. The third-order valence-corrected chi connectivity index (χ3v) is 6.75. The Hall–Kier alpha value is -3.09. The van der Waals surface area contributed by atoms with E-state index in [1.807, 2.05) is 49.2 Å². The lowest BCUT2D eigenvalue weighted by atomic mass is 9.75. The number of nitrogens with zero attached hydrogens (tertiary/aromatic N) is 2. The van der Waals surface area contributed by atoms with Crippen LogP contribution in [0.25, 0.3) is 10.9 Å². The lowest BCUT2D eigenvalue weighted by Crippen LogP contribution is -2.56. The minimum absolute atomic E-state index is 0.0150. The van der Waals surface area contributed by atoms with Gasteiger partial charge in [-0.15, -0.1) is 0 Å². The molecule has 31 heavy (non-hydrogen) atoms. The maximum Gasteiger partial charge on any atom is 0.325 e. The predicted molar refractivity (Wildman–Crippen MR) is 119 cm³/mol. The van der Waals surface area contributed by atoms with Gasteiger partial charge in [-0.2, -0.15) is 0 Å². The van der Waals surface area contributed by atoms with Crippen LogP contribution in [0.2, 0.25) is 0 Å². The van der Waals surface area contributed by atoms with E-state index in [1.54, 1.807) is 0 Å². The molecule has 2 saturated heterocycles. The third-order valence-electron chi connectivity index (χ3n) is 6.75. The van der Waals surface area contributed by atoms with Crippen LogP contribution in [0.5, 0.6) is 0 Å². The molecule has 1 atom stereocenters. The van der Waals surface area contributed by atoms with Gasteiger partial charge in [0.15, 0.2) is 0 Å². The Morgan fingerprint density at radius 3 is 2.61 bits per heavy atom. The summed E-state index contributed by atoms with van der Waals surface area (Å²) >= 11 is 0. The first-order valence-corrected chi connectivity index (χ1v) is 11.0. The molecule has 7 heteroatoms. The molecule has 1 aromatic carbocycles. The van der Waals surface area contributed by atoms with E-state index in [2.05, 4.69) is 16.9 Å². The topological polar surface area (TPSA) is 85.5 Å². The second-order valence-corrected chi connectivity index (χ2v) is 8.79. The Labute approximate surface area is 182 Å². The number of benzene rings is 1. The number of carbonyl (C=O) groups is 3. The second kappa shape index (κ2) is 8.21. The first kappa shape index (κ1) is 21.2. The Balaban J connectivity index is 1.41. The number of aromatic amines is 1. The lowest BCUT2D eigenvalue weighted by molar-refractivity contribution is -0.135. The normalized spacial score (nSPS) is 22.3. The van der Waals surface area contributed by atoms with Crippen molar-refractivity contribution >= 4 is 28.7 Å². The van der Waals surface area contributed by atoms with Gasteiger partial charge in [0.1, 0.15) is 5.54 Å². The van der Waals surface area contributed by atoms with Crippen molar-refractivity contribution in [1.29, 1.82) is 0 Å². The van der Waals surface area contributed by atoms with E-state index in [0.29, 0.717) is 38.8 Å². The smallest absolute Gasteiger partial charge is 0.325 e. The summed E-state index contributed by atoms with van der Waals surface area (Å²) in [5.74, 6) is -0.0489. The van der Waals surface area contributed by atoms with Gasteiger partial charge in [0.25, 0.3) is 5.91 Å². The molecule has 4 rings (SSSR count). The van der Waals surface area contributed by atoms with Gasteiger partial charge >= 0.3 is 6.03 Å². The second-order valence-electron chi connectivity index (χ2n) is 8.79. The summed E-state index contributed by atoms with van der Waals surface area (Å²) in [6.07, 6.45) is 4.19. The molecular formula is C24H30N4O3. The standard InChI is InChI=1S/C24H30N4O3/c1-4-24(22(30)28(15-16(2)3)23(31)26-24)18-9-11-27(12-10-18)21(29)13-17-14-25-20-8-6-5-7-19(17)20/h5-8,14,18,25H,2,4,9-13,15H2,1,3H3,(H,26,31)/t24-/m1/s1. The first-order chi connectivity index (χ1) is 14.9. The summed E-state index contributed by atoms with van der Waals surface area (Å²) in [5, 5.41) is 4.06. The summed E-state index contributed by atoms with van der Waals surface area (Å²) in [7, 11) is 0. The van der Waals surface area contributed by atoms with Crippen LogP contribution in [-0.2, 0) is 16.0 Å². The number of nitrogens with one attached hydrogen (secondary N) is 2. The van der Waals surface area contributed by atoms with Gasteiger partial charge in [0, 0.05) is 30.2 Å². The zero-order chi connectivity index (χ0) is 22.2. The fourth-order valence-electron chi connectivity index (χ4n) is 5.04. The number of amides is 4. The van der Waals surface area contributed by atoms with E-state index in [0.717, 1.165) is 22.0 Å². The Morgan fingerprint density at radius 1 is 1.23 bits per heavy atom. The maximum atomic E-state index is 13.2. The third kappa shape index (κ3) is 3.73. The van der Waals surface area contributed by atoms with E-state index in [-0.39, 0.29) is 30.3 Å². The highest BCUT2D eigenvalue weighted by Gasteiger charge is 2.54. The molecule has 0 bridgehead atoms. The zero-order valence-electron chi connectivity index (χ0n) is 18.2. The van der Waals surface area contributed by atoms with E-state index < -0.39 is 5.54 Å². The molecule has 4 amide bonds. The van der Waals surface area contributed by atoms with Gasteiger partial charge in [-0.05, 0) is 43.7 Å². The molecule has 3 heterocycles. The Bertz CT molecular complexity index is 1030. The number of hydrogen-bond donors (Lipinski definition) is 2. The lowest BCUT2D eigenvalue weighted by Gasteiger charge is -2.40. The molecule has 1 aromatic heterocycles. The van der Waals surface area contributed by atoms with Crippen LogP contribution in [0.1, 0.15) is 38.7 Å². The molecule has 2 N–H and O–H groups in total. The highest BCUT2D eigenvalue weighted by molar-refractivity contribution is 6.07.